The highest BCUT2D eigenvalue weighted by Gasteiger charge is 2.17. The van der Waals surface area contributed by atoms with E-state index in [0.717, 1.165) is 17.4 Å². The van der Waals surface area contributed by atoms with E-state index < -0.39 is 16.1 Å². The summed E-state index contributed by atoms with van der Waals surface area (Å²) in [6, 6.07) is 19.3. The van der Waals surface area contributed by atoms with Crippen molar-refractivity contribution in [3.63, 3.8) is 0 Å². The molecule has 0 aliphatic heterocycles. The SMILES string of the molecule is CS(=O)(=O)Nc1cc(C[C@H](O)CNC(Cc2ccccc2)c2ccc(O)c(Cl)c2)ccc1O. The molecule has 0 saturated carbocycles. The summed E-state index contributed by atoms with van der Waals surface area (Å²) in [5.74, 6) is -0.186. The number of hydrogen-bond acceptors (Lipinski definition) is 6. The molecule has 5 N–H and O–H groups in total. The highest BCUT2D eigenvalue weighted by atomic mass is 35.5. The van der Waals surface area contributed by atoms with E-state index in [9.17, 15) is 23.7 Å². The first-order valence-electron chi connectivity index (χ1n) is 10.3. The monoisotopic (exact) mass is 490 g/mol. The summed E-state index contributed by atoms with van der Waals surface area (Å²) in [5.41, 5.74) is 2.71. The maximum absolute atomic E-state index is 11.5. The average molecular weight is 491 g/mol. The van der Waals surface area contributed by atoms with Crippen molar-refractivity contribution in [1.29, 1.82) is 0 Å². The molecule has 176 valence electrons. The standard InChI is InChI=1S/C24H27ClN2O5S/c1-33(31,32)27-22-13-17(7-9-24(22)30)11-19(28)15-26-21(12-16-5-3-2-4-6-16)18-8-10-23(29)20(25)14-18/h2-10,13-14,19,21,26-30H,11-12,15H2,1H3/t19-,21?/m0/s1. The van der Waals surface area contributed by atoms with Gasteiger partial charge in [0.15, 0.2) is 0 Å². The molecule has 33 heavy (non-hydrogen) atoms. The molecule has 0 aromatic heterocycles. The van der Waals surface area contributed by atoms with Gasteiger partial charge in [0, 0.05) is 12.6 Å². The predicted molar refractivity (Wildman–Crippen MR) is 130 cm³/mol. The van der Waals surface area contributed by atoms with E-state index in [-0.39, 0.29) is 41.2 Å². The largest absolute Gasteiger partial charge is 0.506 e. The summed E-state index contributed by atoms with van der Waals surface area (Å²) < 4.78 is 25.2. The minimum Gasteiger partial charge on any atom is -0.506 e. The molecule has 9 heteroatoms. The van der Waals surface area contributed by atoms with E-state index in [4.69, 9.17) is 11.6 Å². The van der Waals surface area contributed by atoms with Crippen LogP contribution in [0.2, 0.25) is 5.02 Å². The fourth-order valence-corrected chi connectivity index (χ4v) is 4.26. The van der Waals surface area contributed by atoms with Crippen LogP contribution in [0.25, 0.3) is 0 Å². The Hall–Kier alpha value is -2.78. The third-order valence-corrected chi connectivity index (χ3v) is 5.98. The van der Waals surface area contributed by atoms with Crippen LogP contribution in [0.5, 0.6) is 11.5 Å². The number of halogens is 1. The van der Waals surface area contributed by atoms with Gasteiger partial charge in [-0.3, -0.25) is 4.72 Å². The molecule has 0 heterocycles. The van der Waals surface area contributed by atoms with Gasteiger partial charge in [0.1, 0.15) is 11.5 Å². The molecule has 3 aromatic rings. The second kappa shape index (κ2) is 10.9. The van der Waals surface area contributed by atoms with E-state index >= 15 is 0 Å². The Balaban J connectivity index is 1.71. The van der Waals surface area contributed by atoms with Crippen molar-refractivity contribution in [3.05, 3.63) is 88.4 Å². The van der Waals surface area contributed by atoms with Gasteiger partial charge in [-0.1, -0.05) is 54.1 Å². The number of sulfonamides is 1. The summed E-state index contributed by atoms with van der Waals surface area (Å²) in [6.45, 7) is 0.256. The Morgan fingerprint density at radius 2 is 1.61 bits per heavy atom. The number of aromatic hydroxyl groups is 2. The molecular weight excluding hydrogens is 464 g/mol. The minimum absolute atomic E-state index is 0.00440. The smallest absolute Gasteiger partial charge is 0.229 e. The first kappa shape index (κ1) is 24.9. The van der Waals surface area contributed by atoms with Crippen molar-refractivity contribution in [2.75, 3.05) is 17.5 Å². The summed E-state index contributed by atoms with van der Waals surface area (Å²) in [5, 5.41) is 33.9. The zero-order chi connectivity index (χ0) is 24.0. The van der Waals surface area contributed by atoms with Crippen molar-refractivity contribution in [2.24, 2.45) is 0 Å². The molecule has 0 aliphatic rings. The van der Waals surface area contributed by atoms with E-state index in [0.29, 0.717) is 12.0 Å². The Kier molecular flexibility index (Phi) is 8.20. The van der Waals surface area contributed by atoms with Gasteiger partial charge in [0.2, 0.25) is 10.0 Å². The fraction of sp³-hybridized carbons (Fsp3) is 0.250. The summed E-state index contributed by atoms with van der Waals surface area (Å²) in [7, 11) is -3.55. The van der Waals surface area contributed by atoms with Crippen LogP contribution in [-0.2, 0) is 22.9 Å². The third kappa shape index (κ3) is 7.64. The molecule has 0 saturated heterocycles. The van der Waals surface area contributed by atoms with Crippen LogP contribution in [0.3, 0.4) is 0 Å². The number of nitrogens with one attached hydrogen (secondary N) is 2. The minimum atomic E-state index is -3.55. The van der Waals surface area contributed by atoms with Gasteiger partial charge in [0.05, 0.1) is 23.1 Å². The summed E-state index contributed by atoms with van der Waals surface area (Å²) in [4.78, 5) is 0. The highest BCUT2D eigenvalue weighted by molar-refractivity contribution is 7.92. The normalized spacial score (nSPS) is 13.4. The van der Waals surface area contributed by atoms with Crippen molar-refractivity contribution in [1.82, 2.24) is 5.32 Å². The molecule has 2 atom stereocenters. The lowest BCUT2D eigenvalue weighted by Gasteiger charge is -2.22. The molecule has 7 nitrogen and oxygen atoms in total. The number of aliphatic hydroxyl groups is 1. The van der Waals surface area contributed by atoms with Gasteiger partial charge in [0.25, 0.3) is 0 Å². The molecule has 1 unspecified atom stereocenters. The van der Waals surface area contributed by atoms with Gasteiger partial charge < -0.3 is 20.6 Å². The van der Waals surface area contributed by atoms with Crippen molar-refractivity contribution >= 4 is 27.3 Å². The molecule has 0 bridgehead atoms. The lowest BCUT2D eigenvalue weighted by molar-refractivity contribution is 0.167. The number of aliphatic hydroxyl groups excluding tert-OH is 1. The van der Waals surface area contributed by atoms with Crippen LogP contribution in [0.4, 0.5) is 5.69 Å². The van der Waals surface area contributed by atoms with Crippen LogP contribution >= 0.6 is 11.6 Å². The van der Waals surface area contributed by atoms with Crippen LogP contribution in [0, 0.1) is 0 Å². The zero-order valence-corrected chi connectivity index (χ0v) is 19.6. The van der Waals surface area contributed by atoms with Crippen molar-refractivity contribution < 1.29 is 23.7 Å². The molecule has 3 rings (SSSR count). The van der Waals surface area contributed by atoms with E-state index in [1.807, 2.05) is 30.3 Å². The molecule has 0 radical (unpaired) electrons. The first-order chi connectivity index (χ1) is 15.6. The van der Waals surface area contributed by atoms with Gasteiger partial charge in [-0.25, -0.2) is 8.42 Å². The number of phenols is 2. The predicted octanol–water partition coefficient (Wildman–Crippen LogP) is 3.60. The summed E-state index contributed by atoms with van der Waals surface area (Å²) in [6.07, 6.45) is 1.13. The Morgan fingerprint density at radius 3 is 2.27 bits per heavy atom. The van der Waals surface area contributed by atoms with Gasteiger partial charge in [-0.05, 0) is 53.8 Å². The van der Waals surface area contributed by atoms with E-state index in [1.165, 1.54) is 12.1 Å². The Labute approximate surface area is 198 Å². The molecule has 0 fully saturated rings. The summed E-state index contributed by atoms with van der Waals surface area (Å²) >= 11 is 6.11. The number of anilines is 1. The zero-order valence-electron chi connectivity index (χ0n) is 18.1. The Bertz CT molecular complexity index is 1190. The van der Waals surface area contributed by atoms with Crippen LogP contribution < -0.4 is 10.0 Å². The lowest BCUT2D eigenvalue weighted by atomic mass is 9.98. The van der Waals surface area contributed by atoms with Crippen molar-refractivity contribution in [2.45, 2.75) is 25.0 Å². The van der Waals surface area contributed by atoms with Crippen LogP contribution in [0.15, 0.2) is 66.7 Å². The molecule has 3 aromatic carbocycles. The highest BCUT2D eigenvalue weighted by Crippen LogP contribution is 2.29. The Morgan fingerprint density at radius 1 is 0.909 bits per heavy atom. The third-order valence-electron chi connectivity index (χ3n) is 5.08. The van der Waals surface area contributed by atoms with Crippen molar-refractivity contribution in [3.8, 4) is 11.5 Å². The van der Waals surface area contributed by atoms with E-state index in [2.05, 4.69) is 10.0 Å². The topological polar surface area (TPSA) is 119 Å². The molecule has 0 aliphatic carbocycles. The molecule has 0 amide bonds. The number of benzene rings is 3. The number of phenolic OH excluding ortho intramolecular Hbond substituents is 2. The van der Waals surface area contributed by atoms with E-state index in [1.54, 1.807) is 24.3 Å². The second-order valence-electron chi connectivity index (χ2n) is 7.95. The van der Waals surface area contributed by atoms with Gasteiger partial charge in [-0.2, -0.15) is 0 Å². The fourth-order valence-electron chi connectivity index (χ4n) is 3.51. The van der Waals surface area contributed by atoms with Gasteiger partial charge >= 0.3 is 0 Å². The molecular formula is C24H27ClN2O5S. The number of hydrogen-bond donors (Lipinski definition) is 5. The average Bonchev–Trinajstić information content (AvgIpc) is 2.75. The number of rotatable bonds is 10. The second-order valence-corrected chi connectivity index (χ2v) is 10.1. The van der Waals surface area contributed by atoms with Crippen LogP contribution in [-0.4, -0.2) is 42.6 Å². The quantitative estimate of drug-likeness (QED) is 0.277. The lowest BCUT2D eigenvalue weighted by Crippen LogP contribution is -2.32. The maximum Gasteiger partial charge on any atom is 0.229 e. The van der Waals surface area contributed by atoms with Gasteiger partial charge in [-0.15, -0.1) is 0 Å². The molecule has 0 spiro atoms. The first-order valence-corrected chi connectivity index (χ1v) is 12.6. The maximum atomic E-state index is 11.5. The van der Waals surface area contributed by atoms with Crippen LogP contribution in [0.1, 0.15) is 22.7 Å².